The van der Waals surface area contributed by atoms with E-state index in [1.54, 1.807) is 6.07 Å². The summed E-state index contributed by atoms with van der Waals surface area (Å²) in [6.45, 7) is 2.83. The Balaban J connectivity index is 3.23. The molecule has 0 saturated carbocycles. The second kappa shape index (κ2) is 5.86. The average Bonchev–Trinajstić information content (AvgIpc) is 2.21. The van der Waals surface area contributed by atoms with Gasteiger partial charge < -0.3 is 10.5 Å². The molecular formula is C10H12ClFINO. The molecule has 84 valence electrons. The highest BCUT2D eigenvalue weighted by Gasteiger charge is 2.15. The first-order chi connectivity index (χ1) is 7.11. The molecule has 0 atom stereocenters. The standard InChI is InChI=1S/C10H12ClFINO/c1-2-15-10-6(3-4-14)5-7(11)8(12)9(10)13/h5H,2-4,14H2,1H3. The van der Waals surface area contributed by atoms with E-state index in [4.69, 9.17) is 22.1 Å². The zero-order valence-electron chi connectivity index (χ0n) is 8.32. The molecule has 0 aliphatic rings. The smallest absolute Gasteiger partial charge is 0.158 e. The van der Waals surface area contributed by atoms with Crippen LogP contribution >= 0.6 is 34.2 Å². The summed E-state index contributed by atoms with van der Waals surface area (Å²) in [6.07, 6.45) is 0.630. The SMILES string of the molecule is CCOc1c(CCN)cc(Cl)c(F)c1I. The van der Waals surface area contributed by atoms with Crippen LogP contribution in [0.15, 0.2) is 6.07 Å². The molecule has 1 aromatic rings. The van der Waals surface area contributed by atoms with E-state index >= 15 is 0 Å². The van der Waals surface area contributed by atoms with Crippen molar-refractivity contribution in [2.45, 2.75) is 13.3 Å². The predicted octanol–water partition coefficient (Wildman–Crippen LogP) is 2.98. The lowest BCUT2D eigenvalue weighted by atomic mass is 10.1. The highest BCUT2D eigenvalue weighted by Crippen LogP contribution is 2.33. The van der Waals surface area contributed by atoms with Crippen molar-refractivity contribution >= 4 is 34.2 Å². The Morgan fingerprint density at radius 3 is 2.80 bits per heavy atom. The van der Waals surface area contributed by atoms with E-state index in [1.807, 2.05) is 29.5 Å². The van der Waals surface area contributed by atoms with Crippen molar-refractivity contribution < 1.29 is 9.13 Å². The van der Waals surface area contributed by atoms with Gasteiger partial charge in [-0.05, 0) is 54.1 Å². The largest absolute Gasteiger partial charge is 0.492 e. The molecule has 0 heterocycles. The van der Waals surface area contributed by atoms with Crippen LogP contribution in [0.2, 0.25) is 5.02 Å². The van der Waals surface area contributed by atoms with Crippen LogP contribution in [0.4, 0.5) is 4.39 Å². The van der Waals surface area contributed by atoms with Gasteiger partial charge in [0.2, 0.25) is 0 Å². The van der Waals surface area contributed by atoms with E-state index in [0.717, 1.165) is 5.56 Å². The number of nitrogens with two attached hydrogens (primary N) is 1. The Hall–Kier alpha value is -0.0700. The Bertz CT molecular complexity index is 360. The number of hydrogen-bond donors (Lipinski definition) is 1. The third-order valence-electron chi connectivity index (χ3n) is 1.90. The normalized spacial score (nSPS) is 10.5. The van der Waals surface area contributed by atoms with E-state index < -0.39 is 5.82 Å². The average molecular weight is 344 g/mol. The minimum atomic E-state index is -0.429. The van der Waals surface area contributed by atoms with Crippen molar-refractivity contribution in [2.24, 2.45) is 5.73 Å². The van der Waals surface area contributed by atoms with Crippen LogP contribution in [-0.4, -0.2) is 13.2 Å². The maximum absolute atomic E-state index is 13.5. The minimum absolute atomic E-state index is 0.117. The summed E-state index contributed by atoms with van der Waals surface area (Å²) in [5, 5.41) is 0.117. The van der Waals surface area contributed by atoms with Gasteiger partial charge in [0.25, 0.3) is 0 Å². The Labute approximate surface area is 107 Å². The molecule has 0 spiro atoms. The van der Waals surface area contributed by atoms with Crippen LogP contribution < -0.4 is 10.5 Å². The molecule has 0 aliphatic heterocycles. The summed E-state index contributed by atoms with van der Waals surface area (Å²) in [5.74, 6) is 0.131. The van der Waals surface area contributed by atoms with Gasteiger partial charge in [0.1, 0.15) is 5.75 Å². The molecule has 1 aromatic carbocycles. The molecule has 0 bridgehead atoms. The number of benzene rings is 1. The summed E-state index contributed by atoms with van der Waals surface area (Å²) < 4.78 is 19.3. The topological polar surface area (TPSA) is 35.2 Å². The highest BCUT2D eigenvalue weighted by atomic mass is 127. The first-order valence-corrected chi connectivity index (χ1v) is 6.06. The second-order valence-electron chi connectivity index (χ2n) is 2.95. The maximum atomic E-state index is 13.5. The molecule has 0 aromatic heterocycles. The molecule has 15 heavy (non-hydrogen) atoms. The van der Waals surface area contributed by atoms with Gasteiger partial charge in [-0.25, -0.2) is 4.39 Å². The van der Waals surface area contributed by atoms with Crippen LogP contribution in [0.5, 0.6) is 5.75 Å². The third kappa shape index (κ3) is 2.95. The van der Waals surface area contributed by atoms with Crippen molar-refractivity contribution in [1.82, 2.24) is 0 Å². The van der Waals surface area contributed by atoms with Gasteiger partial charge in [-0.2, -0.15) is 0 Å². The summed E-state index contributed by atoms with van der Waals surface area (Å²) in [6, 6.07) is 1.58. The molecule has 0 unspecified atom stereocenters. The molecule has 0 radical (unpaired) electrons. The zero-order valence-corrected chi connectivity index (χ0v) is 11.2. The number of ether oxygens (including phenoxy) is 1. The van der Waals surface area contributed by atoms with Crippen molar-refractivity contribution in [2.75, 3.05) is 13.2 Å². The predicted molar refractivity (Wildman–Crippen MR) is 68.1 cm³/mol. The number of hydrogen-bond acceptors (Lipinski definition) is 2. The number of rotatable bonds is 4. The lowest BCUT2D eigenvalue weighted by Gasteiger charge is -2.13. The van der Waals surface area contributed by atoms with Crippen molar-refractivity contribution in [3.8, 4) is 5.75 Å². The fourth-order valence-corrected chi connectivity index (χ4v) is 2.45. The highest BCUT2D eigenvalue weighted by molar-refractivity contribution is 14.1. The van der Waals surface area contributed by atoms with Gasteiger partial charge in [-0.3, -0.25) is 0 Å². The molecule has 1 rings (SSSR count). The Morgan fingerprint density at radius 2 is 2.27 bits per heavy atom. The molecule has 5 heteroatoms. The first-order valence-electron chi connectivity index (χ1n) is 4.61. The summed E-state index contributed by atoms with van der Waals surface area (Å²) in [4.78, 5) is 0. The van der Waals surface area contributed by atoms with Crippen molar-refractivity contribution in [3.05, 3.63) is 26.0 Å². The van der Waals surface area contributed by atoms with Crippen molar-refractivity contribution in [3.63, 3.8) is 0 Å². The lowest BCUT2D eigenvalue weighted by Crippen LogP contribution is -2.07. The first kappa shape index (κ1) is 13.0. The number of halogens is 3. The van der Waals surface area contributed by atoms with Gasteiger partial charge >= 0.3 is 0 Å². The van der Waals surface area contributed by atoms with Crippen molar-refractivity contribution in [1.29, 1.82) is 0 Å². The lowest BCUT2D eigenvalue weighted by molar-refractivity contribution is 0.331. The molecule has 0 aliphatic carbocycles. The fourth-order valence-electron chi connectivity index (χ4n) is 1.27. The quantitative estimate of drug-likeness (QED) is 0.674. The van der Waals surface area contributed by atoms with E-state index in [1.165, 1.54) is 0 Å². The van der Waals surface area contributed by atoms with E-state index in [-0.39, 0.29) is 5.02 Å². The van der Waals surface area contributed by atoms with Crippen LogP contribution in [0.3, 0.4) is 0 Å². The molecule has 0 fully saturated rings. The van der Waals surface area contributed by atoms with Gasteiger partial charge in [0, 0.05) is 0 Å². The van der Waals surface area contributed by atoms with Crippen LogP contribution in [0.1, 0.15) is 12.5 Å². The zero-order chi connectivity index (χ0) is 11.4. The minimum Gasteiger partial charge on any atom is -0.492 e. The third-order valence-corrected chi connectivity index (χ3v) is 3.14. The molecule has 0 saturated heterocycles. The van der Waals surface area contributed by atoms with Crippen LogP contribution in [0.25, 0.3) is 0 Å². The summed E-state index contributed by atoms with van der Waals surface area (Å²) >= 11 is 7.64. The van der Waals surface area contributed by atoms with E-state index in [9.17, 15) is 4.39 Å². The van der Waals surface area contributed by atoms with E-state index in [0.29, 0.717) is 28.9 Å². The Kier molecular flexibility index (Phi) is 5.08. The summed E-state index contributed by atoms with van der Waals surface area (Å²) in [5.41, 5.74) is 6.33. The molecule has 2 nitrogen and oxygen atoms in total. The van der Waals surface area contributed by atoms with Gasteiger partial charge in [-0.15, -0.1) is 0 Å². The van der Waals surface area contributed by atoms with E-state index in [2.05, 4.69) is 0 Å². The monoisotopic (exact) mass is 343 g/mol. The summed E-state index contributed by atoms with van der Waals surface area (Å²) in [7, 11) is 0. The van der Waals surface area contributed by atoms with Crippen LogP contribution in [0, 0.1) is 9.39 Å². The van der Waals surface area contributed by atoms with Crippen LogP contribution in [-0.2, 0) is 6.42 Å². The molecule has 0 amide bonds. The molecular weight excluding hydrogens is 331 g/mol. The van der Waals surface area contributed by atoms with Gasteiger partial charge in [0.05, 0.1) is 15.2 Å². The van der Waals surface area contributed by atoms with Gasteiger partial charge in [0.15, 0.2) is 5.82 Å². The Morgan fingerprint density at radius 1 is 1.60 bits per heavy atom. The molecule has 2 N–H and O–H groups in total. The second-order valence-corrected chi connectivity index (χ2v) is 4.43. The fraction of sp³-hybridized carbons (Fsp3) is 0.400. The van der Waals surface area contributed by atoms with Gasteiger partial charge in [-0.1, -0.05) is 11.6 Å². The maximum Gasteiger partial charge on any atom is 0.158 e.